The van der Waals surface area contributed by atoms with Crippen LogP contribution in [0.15, 0.2) is 60.8 Å². The third kappa shape index (κ3) is 71.2. The minimum absolute atomic E-state index is 0.218. The lowest BCUT2D eigenvalue weighted by Gasteiger charge is -2.21. The Morgan fingerprint density at radius 1 is 0.857 bits per heavy atom. The molecule has 0 aromatic carbocycles. The molecule has 0 radical (unpaired) electrons. The summed E-state index contributed by atoms with van der Waals surface area (Å²) in [4.78, 5) is 10.2. The molecule has 3 N–H and O–H groups in total. The zero-order valence-corrected chi connectivity index (χ0v) is 31.0. The summed E-state index contributed by atoms with van der Waals surface area (Å²) in [5.41, 5.74) is 9.85. The van der Waals surface area contributed by atoms with Gasteiger partial charge in [0.15, 0.2) is 0 Å². The molecule has 0 aromatic rings. The average Bonchev–Trinajstić information content (AvgIpc) is 3.00. The highest BCUT2D eigenvalue weighted by Gasteiger charge is 2.13. The fourth-order valence-corrected chi connectivity index (χ4v) is 2.50. The number of primary amides is 1. The third-order valence-electron chi connectivity index (χ3n) is 5.59. The first-order valence-corrected chi connectivity index (χ1v) is 15.5. The van der Waals surface area contributed by atoms with Gasteiger partial charge in [-0.3, -0.25) is 4.79 Å². The van der Waals surface area contributed by atoms with Crippen molar-refractivity contribution < 1.29 is 14.6 Å². The van der Waals surface area contributed by atoms with Crippen LogP contribution in [0.2, 0.25) is 0 Å². The number of allylic oxidation sites excluding steroid dienone is 5. The summed E-state index contributed by atoms with van der Waals surface area (Å²) < 4.78 is 4.54. The molecule has 0 aliphatic rings. The van der Waals surface area contributed by atoms with Gasteiger partial charge >= 0.3 is 0 Å². The predicted molar refractivity (Wildman–Crippen MR) is 197 cm³/mol. The number of carbonyl (C=O) groups excluding carboxylic acids is 1. The maximum atomic E-state index is 10.2. The van der Waals surface area contributed by atoms with Gasteiger partial charge in [-0.25, -0.2) is 0 Å². The van der Waals surface area contributed by atoms with Crippen molar-refractivity contribution in [3.05, 3.63) is 60.8 Å². The van der Waals surface area contributed by atoms with Gasteiger partial charge in [-0.2, -0.15) is 0 Å². The molecule has 0 saturated carbocycles. The zero-order valence-electron chi connectivity index (χ0n) is 31.0. The molecule has 0 heterocycles. The van der Waals surface area contributed by atoms with Crippen molar-refractivity contribution >= 4 is 5.91 Å². The van der Waals surface area contributed by atoms with Gasteiger partial charge in [0.25, 0.3) is 0 Å². The number of ether oxygens (including phenoxy) is 1. The van der Waals surface area contributed by atoms with E-state index in [1.165, 1.54) is 49.7 Å². The van der Waals surface area contributed by atoms with Crippen LogP contribution in [0.4, 0.5) is 0 Å². The highest BCUT2D eigenvalue weighted by Crippen LogP contribution is 2.27. The smallest absolute Gasteiger partial charge is 0.221 e. The molecule has 0 fully saturated rings. The van der Waals surface area contributed by atoms with Gasteiger partial charge in [0.1, 0.15) is 0 Å². The average molecular weight is 596 g/mol. The Balaban J connectivity index is -0.0000000581. The second kappa shape index (κ2) is 54.7. The Hall–Kier alpha value is -2.35. The van der Waals surface area contributed by atoms with Crippen LogP contribution in [-0.2, 0) is 9.53 Å². The molecular formula is C38H77NO3. The molecule has 0 spiro atoms. The first kappa shape index (κ1) is 59.1. The highest BCUT2D eigenvalue weighted by atomic mass is 16.5. The molecule has 4 nitrogen and oxygen atoms in total. The molecule has 0 rings (SSSR count). The largest absolute Gasteiger partial charge is 0.400 e. The number of amides is 1. The Morgan fingerprint density at radius 3 is 1.40 bits per heavy atom. The molecule has 0 bridgehead atoms. The minimum atomic E-state index is -0.358. The number of rotatable bonds is 13. The number of methoxy groups -OCH3 is 1. The van der Waals surface area contributed by atoms with Gasteiger partial charge in [0.05, 0.1) is 6.42 Å². The first-order chi connectivity index (χ1) is 19.8. The van der Waals surface area contributed by atoms with Gasteiger partial charge in [0.2, 0.25) is 5.91 Å². The summed E-state index contributed by atoms with van der Waals surface area (Å²) in [6, 6.07) is 0. The molecule has 0 aromatic heterocycles. The molecule has 252 valence electrons. The minimum Gasteiger partial charge on any atom is -0.400 e. The van der Waals surface area contributed by atoms with Crippen LogP contribution in [0.5, 0.6) is 0 Å². The van der Waals surface area contributed by atoms with Crippen LogP contribution >= 0.6 is 0 Å². The van der Waals surface area contributed by atoms with E-state index in [2.05, 4.69) is 111 Å². The van der Waals surface area contributed by atoms with E-state index >= 15 is 0 Å². The predicted octanol–water partition coefficient (Wildman–Crippen LogP) is 11.4. The summed E-state index contributed by atoms with van der Waals surface area (Å²) in [5, 5.41) is 7.00. The molecule has 0 saturated heterocycles. The second-order valence-electron chi connectivity index (χ2n) is 9.52. The molecule has 0 aliphatic heterocycles. The van der Waals surface area contributed by atoms with E-state index in [0.29, 0.717) is 11.0 Å². The van der Waals surface area contributed by atoms with E-state index in [9.17, 15) is 4.79 Å². The number of aliphatic hydroxyl groups excluding tert-OH is 1. The van der Waals surface area contributed by atoms with E-state index < -0.39 is 0 Å². The van der Waals surface area contributed by atoms with Crippen molar-refractivity contribution in [3.8, 4) is 12.8 Å². The fraction of sp³-hybridized carbons (Fsp3) is 0.658. The van der Waals surface area contributed by atoms with Crippen LogP contribution < -0.4 is 5.73 Å². The van der Waals surface area contributed by atoms with Crippen LogP contribution in [0.1, 0.15) is 141 Å². The normalized spacial score (nSPS) is 9.45. The van der Waals surface area contributed by atoms with Gasteiger partial charge in [-0.15, -0.1) is 26.0 Å². The topological polar surface area (TPSA) is 72.6 Å². The molecule has 42 heavy (non-hydrogen) atoms. The highest BCUT2D eigenvalue weighted by molar-refractivity contribution is 5.77. The fourth-order valence-electron chi connectivity index (χ4n) is 2.50. The number of aliphatic hydroxyl groups is 1. The summed E-state index contributed by atoms with van der Waals surface area (Å²) >= 11 is 0. The Kier molecular flexibility index (Phi) is 77.0. The van der Waals surface area contributed by atoms with E-state index in [-0.39, 0.29) is 12.3 Å². The molecule has 0 aliphatic carbocycles. The van der Waals surface area contributed by atoms with Crippen molar-refractivity contribution in [1.82, 2.24) is 0 Å². The summed E-state index contributed by atoms with van der Waals surface area (Å²) in [6.45, 7) is 39.8. The molecular weight excluding hydrogens is 518 g/mol. The number of unbranched alkanes of at least 4 members (excludes halogenated alkanes) is 3. The molecule has 1 amide bonds. The summed E-state index contributed by atoms with van der Waals surface area (Å²) in [5.74, 6) is -0.358. The number of hydrogen-bond acceptors (Lipinski definition) is 3. The second-order valence-corrected chi connectivity index (χ2v) is 9.52. The standard InChI is InChI=1S/C11H24.C10H18.C7H11NO.C3H8O.C2H6.C2H4.C2H2.CH4O/c1-5-7-8-9-10-11(3,4)6-2;1-5-7-9(3)10(4)8-6-2;1-5(2)6(3)4-7(8)9;1-3-4-2;4*1-2/h5-10H2,1-4H3;7-8H,5-6H2,1-4H3;1,3-4H2,2H3,(H2,8,9);3H2,1-2H3;1-2H3;1-2H2;1-2H;2H,1H3/b;9-7-,10-8-;;;;;;. The van der Waals surface area contributed by atoms with Crippen LogP contribution in [-0.4, -0.2) is 31.8 Å². The Morgan fingerprint density at radius 2 is 1.21 bits per heavy atom. The third-order valence-corrected chi connectivity index (χ3v) is 5.59. The summed E-state index contributed by atoms with van der Waals surface area (Å²) in [7, 11) is 2.68. The lowest BCUT2D eigenvalue weighted by atomic mass is 9.84. The van der Waals surface area contributed by atoms with Crippen molar-refractivity contribution in [3.63, 3.8) is 0 Å². The Labute approximate surface area is 266 Å². The van der Waals surface area contributed by atoms with Gasteiger partial charge in [0, 0.05) is 20.8 Å². The summed E-state index contributed by atoms with van der Waals surface area (Å²) in [6.07, 6.45) is 23.4. The van der Waals surface area contributed by atoms with Crippen molar-refractivity contribution in [2.45, 2.75) is 141 Å². The number of carbonyl (C=O) groups is 1. The van der Waals surface area contributed by atoms with Crippen LogP contribution in [0, 0.1) is 18.3 Å². The first-order valence-electron chi connectivity index (χ1n) is 15.5. The lowest BCUT2D eigenvalue weighted by molar-refractivity contribution is -0.117. The maximum absolute atomic E-state index is 10.2. The monoisotopic (exact) mass is 596 g/mol. The van der Waals surface area contributed by atoms with Crippen LogP contribution in [0.3, 0.4) is 0 Å². The quantitative estimate of drug-likeness (QED) is 0.0962. The maximum Gasteiger partial charge on any atom is 0.221 e. The van der Waals surface area contributed by atoms with E-state index in [1.54, 1.807) is 14.0 Å². The lowest BCUT2D eigenvalue weighted by Crippen LogP contribution is -2.10. The molecule has 4 heteroatoms. The van der Waals surface area contributed by atoms with Crippen molar-refractivity contribution in [1.29, 1.82) is 0 Å². The Bertz CT molecular complexity index is 605. The number of nitrogens with two attached hydrogens (primary N) is 1. The van der Waals surface area contributed by atoms with Crippen molar-refractivity contribution in [2.24, 2.45) is 11.1 Å². The van der Waals surface area contributed by atoms with E-state index in [0.717, 1.165) is 32.1 Å². The van der Waals surface area contributed by atoms with Gasteiger partial charge < -0.3 is 15.6 Å². The molecule has 0 unspecified atom stereocenters. The SMILES string of the molecule is C#C.C=C.C=C(C)C(=C)CC(N)=O.CC.CC/C=C(C)\C(C)=C/CC.CCCCCCC(C)(C)CC.CCOC.CO. The van der Waals surface area contributed by atoms with Crippen LogP contribution in [0.25, 0.3) is 0 Å². The van der Waals surface area contributed by atoms with Gasteiger partial charge in [-0.05, 0) is 57.9 Å². The molecule has 0 atom stereocenters. The van der Waals surface area contributed by atoms with Gasteiger partial charge in [-0.1, -0.05) is 130 Å². The van der Waals surface area contributed by atoms with E-state index in [4.69, 9.17) is 10.8 Å². The van der Waals surface area contributed by atoms with E-state index in [1.807, 2.05) is 20.8 Å². The zero-order chi connectivity index (χ0) is 35.6. The number of hydrogen-bond donors (Lipinski definition) is 2. The van der Waals surface area contributed by atoms with Crippen molar-refractivity contribution in [2.75, 3.05) is 20.8 Å². The number of terminal acetylenes is 1.